The summed E-state index contributed by atoms with van der Waals surface area (Å²) in [5.74, 6) is -0.351. The molecule has 0 aromatic carbocycles. The molecule has 0 atom stereocenters. The number of rotatable bonds is 2. The highest BCUT2D eigenvalue weighted by molar-refractivity contribution is 5.75. The zero-order valence-corrected chi connectivity index (χ0v) is 9.43. The molecule has 16 heavy (non-hydrogen) atoms. The average molecular weight is 225 g/mol. The van der Waals surface area contributed by atoms with Crippen molar-refractivity contribution < 1.29 is 9.90 Å². The van der Waals surface area contributed by atoms with E-state index in [-0.39, 0.29) is 5.69 Å². The van der Waals surface area contributed by atoms with Crippen LogP contribution in [0.5, 0.6) is 0 Å². The van der Waals surface area contributed by atoms with Crippen molar-refractivity contribution in [3.8, 4) is 0 Å². The molecule has 1 aliphatic heterocycles. The van der Waals surface area contributed by atoms with Crippen LogP contribution in [0.4, 0.5) is 0 Å². The third-order valence-corrected chi connectivity index (χ3v) is 3.02. The molecule has 1 aromatic rings. The Morgan fingerprint density at radius 2 is 2.12 bits per heavy atom. The van der Waals surface area contributed by atoms with E-state index in [9.17, 15) is 9.59 Å². The SMILES string of the molecule is CC(C)(C(=O)O)n1nc2n(c1=O)CCCC2. The van der Waals surface area contributed by atoms with Gasteiger partial charge in [-0.2, -0.15) is 9.78 Å². The van der Waals surface area contributed by atoms with E-state index in [0.717, 1.165) is 23.9 Å². The summed E-state index contributed by atoms with van der Waals surface area (Å²) in [7, 11) is 0. The van der Waals surface area contributed by atoms with Gasteiger partial charge in [0.05, 0.1) is 0 Å². The molecule has 1 aliphatic rings. The van der Waals surface area contributed by atoms with Gasteiger partial charge in [0.1, 0.15) is 5.82 Å². The Kier molecular flexibility index (Phi) is 2.36. The summed E-state index contributed by atoms with van der Waals surface area (Å²) in [6, 6.07) is 0. The summed E-state index contributed by atoms with van der Waals surface area (Å²) >= 11 is 0. The van der Waals surface area contributed by atoms with E-state index < -0.39 is 11.5 Å². The molecule has 6 heteroatoms. The molecule has 0 aliphatic carbocycles. The van der Waals surface area contributed by atoms with Gasteiger partial charge in [-0.3, -0.25) is 4.57 Å². The van der Waals surface area contributed by atoms with E-state index in [1.165, 1.54) is 13.8 Å². The van der Waals surface area contributed by atoms with Crippen LogP contribution in [0.3, 0.4) is 0 Å². The number of aryl methyl sites for hydroxylation is 1. The largest absolute Gasteiger partial charge is 0.479 e. The third kappa shape index (κ3) is 1.45. The number of aromatic nitrogens is 3. The van der Waals surface area contributed by atoms with E-state index in [0.29, 0.717) is 12.4 Å². The standard InChI is InChI=1S/C10H15N3O3/c1-10(2,8(14)15)13-9(16)12-6-4-3-5-7(12)11-13/h3-6H2,1-2H3,(H,14,15). The van der Waals surface area contributed by atoms with Crippen LogP contribution in [-0.2, 0) is 23.3 Å². The van der Waals surface area contributed by atoms with Gasteiger partial charge in [-0.15, -0.1) is 0 Å². The van der Waals surface area contributed by atoms with Crippen LogP contribution in [0.2, 0.25) is 0 Å². The van der Waals surface area contributed by atoms with Crippen LogP contribution in [0.1, 0.15) is 32.5 Å². The molecule has 88 valence electrons. The third-order valence-electron chi connectivity index (χ3n) is 3.02. The van der Waals surface area contributed by atoms with Gasteiger partial charge in [0, 0.05) is 13.0 Å². The van der Waals surface area contributed by atoms with Crippen molar-refractivity contribution in [2.24, 2.45) is 0 Å². The smallest absolute Gasteiger partial charge is 0.346 e. The molecule has 0 saturated carbocycles. The van der Waals surface area contributed by atoms with Crippen LogP contribution < -0.4 is 5.69 Å². The summed E-state index contributed by atoms with van der Waals surface area (Å²) in [5.41, 5.74) is -1.61. The number of nitrogens with zero attached hydrogens (tertiary/aromatic N) is 3. The Morgan fingerprint density at radius 1 is 1.44 bits per heavy atom. The first kappa shape index (κ1) is 10.9. The lowest BCUT2D eigenvalue weighted by molar-refractivity contribution is -0.146. The molecule has 1 aromatic heterocycles. The summed E-state index contributed by atoms with van der Waals surface area (Å²) < 4.78 is 2.66. The van der Waals surface area contributed by atoms with E-state index in [2.05, 4.69) is 5.10 Å². The number of fused-ring (bicyclic) bond motifs is 1. The van der Waals surface area contributed by atoms with E-state index in [1.807, 2.05) is 0 Å². The topological polar surface area (TPSA) is 77.1 Å². The first-order valence-electron chi connectivity index (χ1n) is 5.37. The first-order chi connectivity index (χ1) is 7.44. The van der Waals surface area contributed by atoms with E-state index >= 15 is 0 Å². The van der Waals surface area contributed by atoms with Crippen LogP contribution >= 0.6 is 0 Å². The molecular weight excluding hydrogens is 210 g/mol. The highest BCUT2D eigenvalue weighted by Gasteiger charge is 2.34. The fraction of sp³-hybridized carbons (Fsp3) is 0.700. The summed E-state index contributed by atoms with van der Waals surface area (Å²) in [6.45, 7) is 3.61. The summed E-state index contributed by atoms with van der Waals surface area (Å²) in [5, 5.41) is 13.2. The van der Waals surface area contributed by atoms with Gasteiger partial charge in [-0.25, -0.2) is 9.59 Å². The highest BCUT2D eigenvalue weighted by Crippen LogP contribution is 2.15. The predicted octanol–water partition coefficient (Wildman–Crippen LogP) is 0.201. The minimum Gasteiger partial charge on any atom is -0.479 e. The van der Waals surface area contributed by atoms with Gasteiger partial charge in [-0.1, -0.05) is 0 Å². The van der Waals surface area contributed by atoms with Crippen molar-refractivity contribution in [2.45, 2.75) is 45.2 Å². The molecule has 0 bridgehead atoms. The number of carbonyl (C=O) groups is 1. The highest BCUT2D eigenvalue weighted by atomic mass is 16.4. The van der Waals surface area contributed by atoms with Crippen molar-refractivity contribution in [1.82, 2.24) is 14.3 Å². The number of carboxylic acid groups (broad SMARTS) is 1. The zero-order valence-electron chi connectivity index (χ0n) is 9.43. The van der Waals surface area contributed by atoms with Gasteiger partial charge in [0.25, 0.3) is 0 Å². The van der Waals surface area contributed by atoms with E-state index in [1.54, 1.807) is 4.57 Å². The molecule has 2 heterocycles. The van der Waals surface area contributed by atoms with Crippen LogP contribution in [0.15, 0.2) is 4.79 Å². The summed E-state index contributed by atoms with van der Waals surface area (Å²) in [6.07, 6.45) is 2.70. The monoisotopic (exact) mass is 225 g/mol. The Balaban J connectivity index is 2.55. The maximum absolute atomic E-state index is 12.0. The molecule has 2 rings (SSSR count). The minimum absolute atomic E-state index is 0.317. The predicted molar refractivity (Wildman–Crippen MR) is 56.4 cm³/mol. The van der Waals surface area contributed by atoms with E-state index in [4.69, 9.17) is 5.11 Å². The van der Waals surface area contributed by atoms with Crippen molar-refractivity contribution >= 4 is 5.97 Å². The maximum atomic E-state index is 12.0. The van der Waals surface area contributed by atoms with Crippen molar-refractivity contribution in [1.29, 1.82) is 0 Å². The summed E-state index contributed by atoms with van der Waals surface area (Å²) in [4.78, 5) is 23.0. The molecule has 0 amide bonds. The van der Waals surface area contributed by atoms with Gasteiger partial charge in [-0.05, 0) is 26.7 Å². The van der Waals surface area contributed by atoms with Crippen molar-refractivity contribution in [2.75, 3.05) is 0 Å². The van der Waals surface area contributed by atoms with Crippen molar-refractivity contribution in [3.05, 3.63) is 16.3 Å². The quantitative estimate of drug-likeness (QED) is 0.780. The Labute approximate surface area is 92.5 Å². The van der Waals surface area contributed by atoms with Gasteiger partial charge in [0.2, 0.25) is 0 Å². The Morgan fingerprint density at radius 3 is 2.69 bits per heavy atom. The second kappa shape index (κ2) is 3.47. The fourth-order valence-electron chi connectivity index (χ4n) is 1.85. The number of hydrogen-bond acceptors (Lipinski definition) is 3. The fourth-order valence-corrected chi connectivity index (χ4v) is 1.85. The average Bonchev–Trinajstić information content (AvgIpc) is 2.57. The van der Waals surface area contributed by atoms with Crippen LogP contribution in [0.25, 0.3) is 0 Å². The Hall–Kier alpha value is -1.59. The lowest BCUT2D eigenvalue weighted by atomic mass is 10.1. The van der Waals surface area contributed by atoms with Crippen LogP contribution in [-0.4, -0.2) is 25.4 Å². The minimum atomic E-state index is -1.29. The van der Waals surface area contributed by atoms with Gasteiger partial charge >= 0.3 is 11.7 Å². The lowest BCUT2D eigenvalue weighted by Gasteiger charge is -2.17. The van der Waals surface area contributed by atoms with Gasteiger partial charge in [0.15, 0.2) is 5.54 Å². The normalized spacial score (nSPS) is 15.9. The lowest BCUT2D eigenvalue weighted by Crippen LogP contribution is -2.43. The molecule has 0 unspecified atom stereocenters. The molecule has 0 fully saturated rings. The number of aliphatic carboxylic acids is 1. The van der Waals surface area contributed by atoms with Crippen LogP contribution in [0, 0.1) is 0 Å². The molecular formula is C10H15N3O3. The molecule has 6 nitrogen and oxygen atoms in total. The number of hydrogen-bond donors (Lipinski definition) is 1. The second-order valence-corrected chi connectivity index (χ2v) is 4.58. The molecule has 0 saturated heterocycles. The molecule has 0 spiro atoms. The zero-order chi connectivity index (χ0) is 11.9. The first-order valence-corrected chi connectivity index (χ1v) is 5.37. The number of carboxylic acids is 1. The molecule has 0 radical (unpaired) electrons. The second-order valence-electron chi connectivity index (χ2n) is 4.58. The van der Waals surface area contributed by atoms with Crippen molar-refractivity contribution in [3.63, 3.8) is 0 Å². The van der Waals surface area contributed by atoms with Gasteiger partial charge < -0.3 is 5.11 Å². The maximum Gasteiger partial charge on any atom is 0.346 e. The Bertz CT molecular complexity index is 484. The molecule has 1 N–H and O–H groups in total.